The highest BCUT2D eigenvalue weighted by atomic mass is 16.5. The first kappa shape index (κ1) is 17.7. The minimum Gasteiger partial charge on any atom is -0.381 e. The first-order valence-corrected chi connectivity index (χ1v) is 9.17. The first-order chi connectivity index (χ1) is 12.2. The average molecular weight is 345 g/mol. The number of nitrogens with one attached hydrogen (secondary N) is 1. The summed E-state index contributed by atoms with van der Waals surface area (Å²) in [6, 6.07) is 10.3. The first-order valence-electron chi connectivity index (χ1n) is 9.17. The van der Waals surface area contributed by atoms with E-state index >= 15 is 0 Å². The molecular formula is C19H27N3O3. The lowest BCUT2D eigenvalue weighted by Gasteiger charge is -2.36. The monoisotopic (exact) mass is 345 g/mol. The molecule has 0 saturated carbocycles. The Labute approximate surface area is 149 Å². The van der Waals surface area contributed by atoms with Crippen LogP contribution in [0.1, 0.15) is 19.3 Å². The molecule has 2 aliphatic heterocycles. The van der Waals surface area contributed by atoms with Crippen LogP contribution in [-0.4, -0.2) is 62.7 Å². The van der Waals surface area contributed by atoms with Crippen molar-refractivity contribution in [1.82, 2.24) is 10.2 Å². The predicted octanol–water partition coefficient (Wildman–Crippen LogP) is 1.27. The van der Waals surface area contributed by atoms with Gasteiger partial charge < -0.3 is 19.9 Å². The van der Waals surface area contributed by atoms with Gasteiger partial charge in [-0.1, -0.05) is 18.2 Å². The largest absolute Gasteiger partial charge is 0.381 e. The zero-order valence-electron chi connectivity index (χ0n) is 14.7. The Balaban J connectivity index is 1.32. The van der Waals surface area contributed by atoms with Crippen LogP contribution in [0.4, 0.5) is 5.69 Å². The summed E-state index contributed by atoms with van der Waals surface area (Å²) in [5, 5.41) is 2.91. The smallest absolute Gasteiger partial charge is 0.225 e. The van der Waals surface area contributed by atoms with Crippen molar-refractivity contribution in [2.75, 3.05) is 50.8 Å². The van der Waals surface area contributed by atoms with E-state index in [1.54, 1.807) is 0 Å². The van der Waals surface area contributed by atoms with Gasteiger partial charge in [0.15, 0.2) is 0 Å². The van der Waals surface area contributed by atoms with Gasteiger partial charge in [0.05, 0.1) is 12.5 Å². The average Bonchev–Trinajstić information content (AvgIpc) is 3.21. The van der Waals surface area contributed by atoms with E-state index in [0.717, 1.165) is 32.6 Å². The number of piperazine rings is 1. The van der Waals surface area contributed by atoms with E-state index in [4.69, 9.17) is 4.74 Å². The number of hydrogen-bond donors (Lipinski definition) is 1. The number of carbonyl (C=O) groups excluding carboxylic acids is 2. The molecule has 1 N–H and O–H groups in total. The summed E-state index contributed by atoms with van der Waals surface area (Å²) in [5.41, 5.74) is 1.22. The number of para-hydroxylation sites is 1. The molecule has 0 bridgehead atoms. The van der Waals surface area contributed by atoms with Crippen molar-refractivity contribution >= 4 is 17.5 Å². The highest BCUT2D eigenvalue weighted by molar-refractivity contribution is 5.79. The summed E-state index contributed by atoms with van der Waals surface area (Å²) >= 11 is 0. The van der Waals surface area contributed by atoms with E-state index in [1.165, 1.54) is 5.69 Å². The normalized spacial score (nSPS) is 20.6. The summed E-state index contributed by atoms with van der Waals surface area (Å²) in [5.74, 6) is 0.231. The van der Waals surface area contributed by atoms with Crippen molar-refractivity contribution < 1.29 is 14.3 Å². The molecule has 2 fully saturated rings. The molecule has 3 rings (SSSR count). The van der Waals surface area contributed by atoms with Crippen LogP contribution in [0, 0.1) is 5.92 Å². The summed E-state index contributed by atoms with van der Waals surface area (Å²) in [6.45, 7) is 5.02. The van der Waals surface area contributed by atoms with Crippen molar-refractivity contribution in [1.29, 1.82) is 0 Å². The number of carbonyl (C=O) groups is 2. The Morgan fingerprint density at radius 2 is 1.88 bits per heavy atom. The third-order valence-electron chi connectivity index (χ3n) is 4.92. The topological polar surface area (TPSA) is 61.9 Å². The van der Waals surface area contributed by atoms with Gasteiger partial charge in [-0.15, -0.1) is 0 Å². The molecule has 2 amide bonds. The van der Waals surface area contributed by atoms with Crippen molar-refractivity contribution in [2.45, 2.75) is 19.3 Å². The van der Waals surface area contributed by atoms with Gasteiger partial charge in [0.25, 0.3) is 0 Å². The Bertz CT molecular complexity index is 565. The van der Waals surface area contributed by atoms with E-state index in [-0.39, 0.29) is 17.7 Å². The zero-order valence-corrected chi connectivity index (χ0v) is 14.7. The Morgan fingerprint density at radius 1 is 1.12 bits per heavy atom. The molecule has 0 unspecified atom stereocenters. The fourth-order valence-electron chi connectivity index (χ4n) is 3.35. The van der Waals surface area contributed by atoms with Crippen LogP contribution in [-0.2, 0) is 14.3 Å². The lowest BCUT2D eigenvalue weighted by atomic mass is 10.1. The number of benzene rings is 1. The zero-order chi connectivity index (χ0) is 17.5. The Morgan fingerprint density at radius 3 is 2.56 bits per heavy atom. The second kappa shape index (κ2) is 8.85. The van der Waals surface area contributed by atoms with Gasteiger partial charge in [0.1, 0.15) is 0 Å². The van der Waals surface area contributed by atoms with Crippen LogP contribution in [0.15, 0.2) is 30.3 Å². The number of nitrogens with zero attached hydrogens (tertiary/aromatic N) is 2. The molecule has 0 aliphatic carbocycles. The lowest BCUT2D eigenvalue weighted by Crippen LogP contribution is -2.48. The highest BCUT2D eigenvalue weighted by Crippen LogP contribution is 2.16. The van der Waals surface area contributed by atoms with Gasteiger partial charge in [0.2, 0.25) is 11.8 Å². The molecule has 25 heavy (non-hydrogen) atoms. The number of rotatable bonds is 6. The molecule has 2 heterocycles. The van der Waals surface area contributed by atoms with E-state index in [1.807, 2.05) is 23.1 Å². The summed E-state index contributed by atoms with van der Waals surface area (Å²) in [4.78, 5) is 28.4. The van der Waals surface area contributed by atoms with E-state index < -0.39 is 0 Å². The number of hydrogen-bond acceptors (Lipinski definition) is 4. The van der Waals surface area contributed by atoms with Crippen molar-refractivity contribution in [3.8, 4) is 0 Å². The summed E-state index contributed by atoms with van der Waals surface area (Å²) < 4.78 is 5.22. The Kier molecular flexibility index (Phi) is 6.28. The second-order valence-electron chi connectivity index (χ2n) is 6.66. The lowest BCUT2D eigenvalue weighted by molar-refractivity contribution is -0.132. The Hall–Kier alpha value is -2.08. The van der Waals surface area contributed by atoms with Crippen LogP contribution in [0.25, 0.3) is 0 Å². The quantitative estimate of drug-likeness (QED) is 0.789. The molecule has 0 radical (unpaired) electrons. The molecule has 0 spiro atoms. The van der Waals surface area contributed by atoms with Gasteiger partial charge in [0, 0.05) is 51.4 Å². The van der Waals surface area contributed by atoms with Crippen LogP contribution in [0.2, 0.25) is 0 Å². The van der Waals surface area contributed by atoms with Gasteiger partial charge >= 0.3 is 0 Å². The molecule has 2 saturated heterocycles. The van der Waals surface area contributed by atoms with Crippen molar-refractivity contribution in [3.05, 3.63) is 30.3 Å². The second-order valence-corrected chi connectivity index (χ2v) is 6.66. The predicted molar refractivity (Wildman–Crippen MR) is 96.4 cm³/mol. The molecule has 1 aromatic carbocycles. The third kappa shape index (κ3) is 4.95. The van der Waals surface area contributed by atoms with Crippen LogP contribution in [0.3, 0.4) is 0 Å². The molecule has 6 nitrogen and oxygen atoms in total. The van der Waals surface area contributed by atoms with E-state index in [0.29, 0.717) is 32.6 Å². The SMILES string of the molecule is O=C(NCCCC(=O)N1CCN(c2ccccc2)CC1)[C@H]1CCOC1. The summed E-state index contributed by atoms with van der Waals surface area (Å²) in [6.07, 6.45) is 1.99. The van der Waals surface area contributed by atoms with Crippen LogP contribution < -0.4 is 10.2 Å². The minimum atomic E-state index is -0.0123. The van der Waals surface area contributed by atoms with E-state index in [9.17, 15) is 9.59 Å². The molecule has 1 atom stereocenters. The maximum Gasteiger partial charge on any atom is 0.225 e. The summed E-state index contributed by atoms with van der Waals surface area (Å²) in [7, 11) is 0. The fraction of sp³-hybridized carbons (Fsp3) is 0.579. The third-order valence-corrected chi connectivity index (χ3v) is 4.92. The van der Waals surface area contributed by atoms with Gasteiger partial charge in [-0.2, -0.15) is 0 Å². The molecular weight excluding hydrogens is 318 g/mol. The maximum atomic E-state index is 12.3. The van der Waals surface area contributed by atoms with Crippen molar-refractivity contribution in [2.24, 2.45) is 5.92 Å². The highest BCUT2D eigenvalue weighted by Gasteiger charge is 2.23. The molecule has 6 heteroatoms. The number of ether oxygens (including phenoxy) is 1. The van der Waals surface area contributed by atoms with Crippen LogP contribution in [0.5, 0.6) is 0 Å². The molecule has 136 valence electrons. The molecule has 2 aliphatic rings. The van der Waals surface area contributed by atoms with Crippen molar-refractivity contribution in [3.63, 3.8) is 0 Å². The number of anilines is 1. The number of amides is 2. The standard InChI is InChI=1S/C19H27N3O3/c23-18(7-4-9-20-19(24)16-8-14-25-15-16)22-12-10-21(11-13-22)17-5-2-1-3-6-17/h1-3,5-6,16H,4,7-15H2,(H,20,24)/t16-/m0/s1. The minimum absolute atomic E-state index is 0.0123. The van der Waals surface area contributed by atoms with Gasteiger partial charge in [-0.05, 0) is 25.0 Å². The van der Waals surface area contributed by atoms with Gasteiger partial charge in [-0.3, -0.25) is 9.59 Å². The molecule has 1 aromatic rings. The van der Waals surface area contributed by atoms with E-state index in [2.05, 4.69) is 22.3 Å². The van der Waals surface area contributed by atoms with Gasteiger partial charge in [-0.25, -0.2) is 0 Å². The maximum absolute atomic E-state index is 12.3. The van der Waals surface area contributed by atoms with Crippen LogP contribution >= 0.6 is 0 Å². The fourth-order valence-corrected chi connectivity index (χ4v) is 3.35. The molecule has 0 aromatic heterocycles.